The number of benzene rings is 2. The number of rotatable bonds is 12. The van der Waals surface area contributed by atoms with Crippen LogP contribution in [0.1, 0.15) is 76.8 Å². The van der Waals surface area contributed by atoms with Crippen molar-refractivity contribution >= 4 is 11.9 Å². The summed E-state index contributed by atoms with van der Waals surface area (Å²) in [6.07, 6.45) is 7.31. The summed E-state index contributed by atoms with van der Waals surface area (Å²) in [7, 11) is 0. The average Bonchev–Trinajstić information content (AvgIpc) is 2.91. The van der Waals surface area contributed by atoms with E-state index in [1.54, 1.807) is 13.8 Å². The maximum absolute atomic E-state index is 11.9. The third-order valence-electron chi connectivity index (χ3n) is 7.30. The predicted octanol–water partition coefficient (Wildman–Crippen LogP) is 7.33. The molecule has 0 heterocycles. The van der Waals surface area contributed by atoms with Gasteiger partial charge in [0.05, 0.1) is 13.2 Å². The van der Waals surface area contributed by atoms with Gasteiger partial charge in [0.1, 0.15) is 11.5 Å². The Bertz CT molecular complexity index is 1070. The highest BCUT2D eigenvalue weighted by atomic mass is 16.5. The molecule has 0 atom stereocenters. The molecule has 0 radical (unpaired) electrons. The van der Waals surface area contributed by atoms with Crippen LogP contribution in [0.25, 0.3) is 0 Å². The third kappa shape index (κ3) is 7.58. The van der Waals surface area contributed by atoms with Crippen LogP contribution in [0.3, 0.4) is 0 Å². The zero-order chi connectivity index (χ0) is 26.8. The molecule has 1 aliphatic carbocycles. The molecule has 2 aromatic rings. The lowest BCUT2D eigenvalue weighted by Gasteiger charge is -2.41. The Morgan fingerprint density at radius 1 is 0.811 bits per heavy atom. The van der Waals surface area contributed by atoms with Crippen molar-refractivity contribution in [2.45, 2.75) is 71.1 Å². The van der Waals surface area contributed by atoms with Crippen molar-refractivity contribution in [1.29, 1.82) is 0 Å². The van der Waals surface area contributed by atoms with Crippen molar-refractivity contribution in [1.82, 2.24) is 0 Å². The molecular weight excluding hydrogens is 464 g/mol. The summed E-state index contributed by atoms with van der Waals surface area (Å²) >= 11 is 0. The van der Waals surface area contributed by atoms with Gasteiger partial charge in [0.15, 0.2) is 0 Å². The molecule has 1 fully saturated rings. The Labute approximate surface area is 221 Å². The van der Waals surface area contributed by atoms with Gasteiger partial charge in [-0.2, -0.15) is 0 Å². The molecule has 0 spiro atoms. The molecule has 1 aliphatic rings. The van der Waals surface area contributed by atoms with Crippen LogP contribution in [-0.2, 0) is 19.7 Å². The van der Waals surface area contributed by atoms with Gasteiger partial charge in [-0.15, -0.1) is 0 Å². The fraction of sp³-hybridized carbons (Fsp3) is 0.438. The Morgan fingerprint density at radius 3 is 1.84 bits per heavy atom. The van der Waals surface area contributed by atoms with Gasteiger partial charge in [0, 0.05) is 16.6 Å². The maximum Gasteiger partial charge on any atom is 0.338 e. The highest BCUT2D eigenvalue weighted by Gasteiger charge is 2.38. The summed E-state index contributed by atoms with van der Waals surface area (Å²) < 4.78 is 16.5. The van der Waals surface area contributed by atoms with Gasteiger partial charge < -0.3 is 14.2 Å². The van der Waals surface area contributed by atoms with Gasteiger partial charge in [-0.05, 0) is 93.7 Å². The van der Waals surface area contributed by atoms with E-state index in [2.05, 4.69) is 44.3 Å². The van der Waals surface area contributed by atoms with Crippen molar-refractivity contribution in [2.24, 2.45) is 5.92 Å². The third-order valence-corrected chi connectivity index (χ3v) is 7.30. The minimum absolute atomic E-state index is 0.0751. The van der Waals surface area contributed by atoms with Crippen LogP contribution in [0.4, 0.5) is 0 Å². The fourth-order valence-corrected chi connectivity index (χ4v) is 4.91. The highest BCUT2D eigenvalue weighted by molar-refractivity contribution is 5.88. The van der Waals surface area contributed by atoms with Gasteiger partial charge >= 0.3 is 11.9 Å². The molecule has 0 amide bonds. The second-order valence-electron chi connectivity index (χ2n) is 10.1. The summed E-state index contributed by atoms with van der Waals surface area (Å²) in [4.78, 5) is 23.3. The molecule has 0 aromatic heterocycles. The Balaban J connectivity index is 1.66. The first-order valence-electron chi connectivity index (χ1n) is 13.3. The van der Waals surface area contributed by atoms with Gasteiger partial charge in [-0.25, -0.2) is 9.59 Å². The number of carbonyl (C=O) groups is 2. The van der Waals surface area contributed by atoms with Crippen LogP contribution >= 0.6 is 0 Å². The van der Waals surface area contributed by atoms with Crippen molar-refractivity contribution in [3.05, 3.63) is 84.0 Å². The van der Waals surface area contributed by atoms with Crippen LogP contribution in [0.15, 0.2) is 72.8 Å². The van der Waals surface area contributed by atoms with E-state index in [1.165, 1.54) is 30.4 Å². The molecule has 0 unspecified atom stereocenters. The van der Waals surface area contributed by atoms with E-state index >= 15 is 0 Å². The van der Waals surface area contributed by atoms with E-state index in [9.17, 15) is 9.59 Å². The lowest BCUT2D eigenvalue weighted by molar-refractivity contribution is -0.139. The lowest BCUT2D eigenvalue weighted by Crippen LogP contribution is -2.33. The number of esters is 2. The predicted molar refractivity (Wildman–Crippen MR) is 147 cm³/mol. The smallest absolute Gasteiger partial charge is 0.338 e. The summed E-state index contributed by atoms with van der Waals surface area (Å²) in [6.45, 7) is 13.7. The summed E-state index contributed by atoms with van der Waals surface area (Å²) in [5.41, 5.74) is 3.25. The highest BCUT2D eigenvalue weighted by Crippen LogP contribution is 2.47. The second kappa shape index (κ2) is 13.3. The molecule has 0 saturated heterocycles. The van der Waals surface area contributed by atoms with Crippen molar-refractivity contribution in [3.8, 4) is 11.5 Å². The van der Waals surface area contributed by atoms with Crippen molar-refractivity contribution in [2.75, 3.05) is 13.2 Å². The molecule has 0 aliphatic heterocycles. The van der Waals surface area contributed by atoms with E-state index in [0.29, 0.717) is 30.1 Å². The Morgan fingerprint density at radius 2 is 1.32 bits per heavy atom. The van der Waals surface area contributed by atoms with Gasteiger partial charge in [0.25, 0.3) is 0 Å². The first kappa shape index (κ1) is 28.2. The van der Waals surface area contributed by atoms with E-state index in [1.807, 2.05) is 24.3 Å². The first-order chi connectivity index (χ1) is 17.7. The quantitative estimate of drug-likeness (QED) is 0.131. The van der Waals surface area contributed by atoms with Crippen LogP contribution in [0.5, 0.6) is 11.5 Å². The van der Waals surface area contributed by atoms with Gasteiger partial charge in [0.2, 0.25) is 0 Å². The molecule has 2 aromatic carbocycles. The number of hydrogen-bond acceptors (Lipinski definition) is 5. The topological polar surface area (TPSA) is 61.8 Å². The largest absolute Gasteiger partial charge is 0.494 e. The Kier molecular flexibility index (Phi) is 10.1. The molecule has 5 nitrogen and oxygen atoms in total. The fourth-order valence-electron chi connectivity index (χ4n) is 4.91. The van der Waals surface area contributed by atoms with Crippen LogP contribution in [-0.4, -0.2) is 25.2 Å². The monoisotopic (exact) mass is 504 g/mol. The Hall–Kier alpha value is -3.34. The summed E-state index contributed by atoms with van der Waals surface area (Å²) in [5.74, 6) is 1.38. The van der Waals surface area contributed by atoms with Gasteiger partial charge in [-0.1, -0.05) is 50.8 Å². The minimum atomic E-state index is -0.408. The van der Waals surface area contributed by atoms with E-state index in [4.69, 9.17) is 14.2 Å². The van der Waals surface area contributed by atoms with Crippen LogP contribution in [0, 0.1) is 5.92 Å². The number of hydrogen-bond donors (Lipinski definition) is 0. The number of ether oxygens (including phenoxy) is 3. The van der Waals surface area contributed by atoms with E-state index < -0.39 is 5.97 Å². The molecule has 37 heavy (non-hydrogen) atoms. The summed E-state index contributed by atoms with van der Waals surface area (Å²) in [5, 5.41) is 0. The van der Waals surface area contributed by atoms with E-state index in [0.717, 1.165) is 37.4 Å². The molecule has 3 rings (SSSR count). The molecule has 0 bridgehead atoms. The van der Waals surface area contributed by atoms with Gasteiger partial charge in [-0.3, -0.25) is 0 Å². The van der Waals surface area contributed by atoms with E-state index in [-0.39, 0.29) is 11.4 Å². The molecule has 0 N–H and O–H groups in total. The zero-order valence-electron chi connectivity index (χ0n) is 22.5. The molecule has 1 saturated carbocycles. The van der Waals surface area contributed by atoms with Crippen LogP contribution in [0.2, 0.25) is 0 Å². The SMILES string of the molecule is C=C(C)C(=O)OCCCCOc1ccc(C2(c3ccc(OC(=O)C(=C)C)cc3)CCC(CC)CC2)cc1. The number of unbranched alkanes of at least 4 members (excludes halogenated alkanes) is 1. The van der Waals surface area contributed by atoms with Crippen molar-refractivity contribution in [3.63, 3.8) is 0 Å². The maximum atomic E-state index is 11.9. The first-order valence-corrected chi connectivity index (χ1v) is 13.3. The second-order valence-corrected chi connectivity index (χ2v) is 10.1. The van der Waals surface area contributed by atoms with Crippen molar-refractivity contribution < 1.29 is 23.8 Å². The molecular formula is C32H40O5. The zero-order valence-corrected chi connectivity index (χ0v) is 22.5. The normalized spacial score (nSPS) is 19.1. The average molecular weight is 505 g/mol. The molecule has 5 heteroatoms. The minimum Gasteiger partial charge on any atom is -0.494 e. The lowest BCUT2D eigenvalue weighted by atomic mass is 9.63. The standard InChI is InChI=1S/C32H40O5/c1-6-25-17-19-32(20-18-25,27-11-15-29(16-12-27)37-31(34)24(4)5)26-9-13-28(14-10-26)35-21-7-8-22-36-30(33)23(2)3/h9-16,25H,2,4,6-8,17-22H2,1,3,5H3. The summed E-state index contributed by atoms with van der Waals surface area (Å²) in [6, 6.07) is 16.4. The number of carbonyl (C=O) groups excluding carboxylic acids is 2. The van der Waals surface area contributed by atoms with Crippen LogP contribution < -0.4 is 9.47 Å². The molecule has 198 valence electrons.